The molecule has 0 saturated carbocycles. The summed E-state index contributed by atoms with van der Waals surface area (Å²) in [6.45, 7) is 3.71. The van der Waals surface area contributed by atoms with E-state index >= 15 is 0 Å². The van der Waals surface area contributed by atoms with Crippen LogP contribution in [0.15, 0.2) is 24.3 Å². The number of allylic oxidation sites excluding steroid dienone is 3. The molecule has 9 nitrogen and oxygen atoms in total. The SMILES string of the molecule is CCCCCCCCCCCCCCCCCCCCC/C=C/CC/C=C/C(O)C(COC1OC(CO)C(O)C(O)C1O)NC(=O)CCCCCCCCC. The largest absolute Gasteiger partial charge is 0.394 e. The van der Waals surface area contributed by atoms with E-state index in [2.05, 4.69) is 31.3 Å². The van der Waals surface area contributed by atoms with Gasteiger partial charge in [-0.15, -0.1) is 0 Å². The molecule has 1 amide bonds. The Bertz CT molecular complexity index is 914. The Balaban J connectivity index is 2.24. The highest BCUT2D eigenvalue weighted by molar-refractivity contribution is 5.76. The van der Waals surface area contributed by atoms with Crippen LogP contribution in [0, 0.1) is 0 Å². The number of aliphatic hydroxyl groups excluding tert-OH is 5. The van der Waals surface area contributed by atoms with Crippen LogP contribution < -0.4 is 5.32 Å². The molecule has 1 saturated heterocycles. The van der Waals surface area contributed by atoms with Crippen LogP contribution in [-0.4, -0.2) is 87.5 Å². The third kappa shape index (κ3) is 27.9. The number of ether oxygens (including phenoxy) is 2. The maximum absolute atomic E-state index is 12.8. The van der Waals surface area contributed by atoms with Crippen LogP contribution in [0.5, 0.6) is 0 Å². The lowest BCUT2D eigenvalue weighted by atomic mass is 9.99. The Morgan fingerprint density at radius 3 is 1.53 bits per heavy atom. The lowest BCUT2D eigenvalue weighted by molar-refractivity contribution is -0.302. The van der Waals surface area contributed by atoms with Gasteiger partial charge in [-0.25, -0.2) is 0 Å². The lowest BCUT2D eigenvalue weighted by Gasteiger charge is -2.40. The lowest BCUT2D eigenvalue weighted by Crippen LogP contribution is -2.60. The van der Waals surface area contributed by atoms with E-state index in [1.54, 1.807) is 6.08 Å². The first kappa shape index (κ1) is 51.7. The van der Waals surface area contributed by atoms with E-state index in [0.717, 1.165) is 38.5 Å². The zero-order valence-electron chi connectivity index (χ0n) is 35.4. The molecule has 7 atom stereocenters. The Morgan fingerprint density at radius 1 is 0.600 bits per heavy atom. The molecule has 1 aliphatic heterocycles. The number of unbranched alkanes of at least 4 members (excludes halogenated alkanes) is 26. The molecule has 1 fully saturated rings. The minimum absolute atomic E-state index is 0.193. The Kier molecular flexibility index (Phi) is 34.7. The Morgan fingerprint density at radius 2 is 1.04 bits per heavy atom. The van der Waals surface area contributed by atoms with Gasteiger partial charge in [-0.3, -0.25) is 4.79 Å². The van der Waals surface area contributed by atoms with Crippen LogP contribution in [0.3, 0.4) is 0 Å². The number of rotatable bonds is 38. The van der Waals surface area contributed by atoms with E-state index in [-0.39, 0.29) is 12.5 Å². The predicted molar refractivity (Wildman–Crippen MR) is 226 cm³/mol. The van der Waals surface area contributed by atoms with Crippen molar-refractivity contribution in [2.24, 2.45) is 0 Å². The molecule has 0 aromatic rings. The molecule has 1 aliphatic rings. The molecule has 6 N–H and O–H groups in total. The van der Waals surface area contributed by atoms with Crippen molar-refractivity contribution < 1.29 is 39.8 Å². The summed E-state index contributed by atoms with van der Waals surface area (Å²) < 4.78 is 11.1. The van der Waals surface area contributed by atoms with E-state index in [4.69, 9.17) is 9.47 Å². The fourth-order valence-corrected chi connectivity index (χ4v) is 7.29. The quantitative estimate of drug-likeness (QED) is 0.0268. The monoisotopic (exact) mass is 782 g/mol. The third-order valence-corrected chi connectivity index (χ3v) is 11.0. The molecule has 324 valence electrons. The molecule has 55 heavy (non-hydrogen) atoms. The van der Waals surface area contributed by atoms with Gasteiger partial charge in [-0.2, -0.15) is 0 Å². The van der Waals surface area contributed by atoms with Crippen LogP contribution in [0.4, 0.5) is 0 Å². The minimum Gasteiger partial charge on any atom is -0.394 e. The van der Waals surface area contributed by atoms with Crippen molar-refractivity contribution in [1.29, 1.82) is 0 Å². The van der Waals surface area contributed by atoms with E-state index < -0.39 is 49.5 Å². The van der Waals surface area contributed by atoms with Crippen molar-refractivity contribution in [2.75, 3.05) is 13.2 Å². The highest BCUT2D eigenvalue weighted by atomic mass is 16.7. The number of hydrogen-bond acceptors (Lipinski definition) is 8. The minimum atomic E-state index is -1.57. The first-order valence-electron chi connectivity index (χ1n) is 23.1. The second-order valence-corrected chi connectivity index (χ2v) is 16.2. The van der Waals surface area contributed by atoms with E-state index in [1.807, 2.05) is 6.08 Å². The normalized spacial score (nSPS) is 21.5. The first-order valence-corrected chi connectivity index (χ1v) is 23.1. The molecule has 0 aliphatic carbocycles. The van der Waals surface area contributed by atoms with Crippen LogP contribution in [0.2, 0.25) is 0 Å². The van der Waals surface area contributed by atoms with Crippen molar-refractivity contribution in [1.82, 2.24) is 5.32 Å². The second-order valence-electron chi connectivity index (χ2n) is 16.2. The number of hydrogen-bond donors (Lipinski definition) is 6. The second kappa shape index (κ2) is 37.0. The van der Waals surface area contributed by atoms with Crippen molar-refractivity contribution in [2.45, 2.75) is 249 Å². The maximum atomic E-state index is 12.8. The summed E-state index contributed by atoms with van der Waals surface area (Å²) in [5.41, 5.74) is 0. The summed E-state index contributed by atoms with van der Waals surface area (Å²) in [5, 5.41) is 53.9. The maximum Gasteiger partial charge on any atom is 0.220 e. The van der Waals surface area contributed by atoms with Gasteiger partial charge >= 0.3 is 0 Å². The average Bonchev–Trinajstić information content (AvgIpc) is 3.18. The molecule has 1 rings (SSSR count). The smallest absolute Gasteiger partial charge is 0.220 e. The summed E-state index contributed by atoms with van der Waals surface area (Å²) in [6, 6.07) is -0.814. The van der Waals surface area contributed by atoms with Crippen LogP contribution in [0.1, 0.15) is 206 Å². The summed E-state index contributed by atoms with van der Waals surface area (Å²) in [6.07, 6.45) is 36.9. The molecule has 0 spiro atoms. The van der Waals surface area contributed by atoms with Crippen molar-refractivity contribution in [3.8, 4) is 0 Å². The highest BCUT2D eigenvalue weighted by Crippen LogP contribution is 2.22. The van der Waals surface area contributed by atoms with Crippen molar-refractivity contribution >= 4 is 5.91 Å². The van der Waals surface area contributed by atoms with E-state index in [0.29, 0.717) is 6.42 Å². The fraction of sp³-hybridized carbons (Fsp3) is 0.891. The molecular weight excluding hydrogens is 695 g/mol. The van der Waals surface area contributed by atoms with E-state index in [1.165, 1.54) is 148 Å². The molecule has 9 heteroatoms. The predicted octanol–water partition coefficient (Wildman–Crippen LogP) is 9.50. The van der Waals surface area contributed by atoms with Gasteiger partial charge in [0.1, 0.15) is 24.4 Å². The van der Waals surface area contributed by atoms with Gasteiger partial charge in [0.05, 0.1) is 25.4 Å². The number of nitrogens with one attached hydrogen (secondary N) is 1. The summed E-state index contributed by atoms with van der Waals surface area (Å²) in [7, 11) is 0. The molecule has 0 aromatic heterocycles. The molecular formula is C46H87NO8. The topological polar surface area (TPSA) is 149 Å². The Hall–Kier alpha value is -1.33. The molecule has 0 aromatic carbocycles. The van der Waals surface area contributed by atoms with Crippen LogP contribution in [-0.2, 0) is 14.3 Å². The first-order chi connectivity index (χ1) is 26.8. The van der Waals surface area contributed by atoms with E-state index in [9.17, 15) is 30.3 Å². The zero-order valence-corrected chi connectivity index (χ0v) is 35.4. The van der Waals surface area contributed by atoms with Crippen molar-refractivity contribution in [3.05, 3.63) is 24.3 Å². The number of aliphatic hydroxyl groups is 5. The molecule has 0 bridgehead atoms. The molecule has 7 unspecified atom stereocenters. The van der Waals surface area contributed by atoms with Gasteiger partial charge in [0.2, 0.25) is 5.91 Å². The van der Waals surface area contributed by atoms with Gasteiger partial charge in [0.15, 0.2) is 6.29 Å². The van der Waals surface area contributed by atoms with Gasteiger partial charge in [0.25, 0.3) is 0 Å². The summed E-state index contributed by atoms with van der Waals surface area (Å²) in [5.74, 6) is -0.193. The summed E-state index contributed by atoms with van der Waals surface area (Å²) in [4.78, 5) is 12.8. The standard InChI is InChI=1S/C46H87NO8/c1-3-5-7-9-11-12-13-14-15-16-17-18-19-20-21-22-23-24-25-26-27-28-30-31-33-35-40(49)39(47-42(50)36-34-32-29-10-8-6-4-2)38-54-46-45(53)44(52)43(51)41(37-48)55-46/h27-28,33,35,39-41,43-46,48-49,51-53H,3-26,29-32,34,36-38H2,1-2H3,(H,47,50)/b28-27+,35-33+. The number of carbonyl (C=O) groups is 1. The van der Waals surface area contributed by atoms with Crippen LogP contribution in [0.25, 0.3) is 0 Å². The molecule has 0 radical (unpaired) electrons. The van der Waals surface area contributed by atoms with Gasteiger partial charge in [-0.1, -0.05) is 192 Å². The fourth-order valence-electron chi connectivity index (χ4n) is 7.29. The van der Waals surface area contributed by atoms with Gasteiger partial charge in [0, 0.05) is 6.42 Å². The Labute approximate surface area is 337 Å². The highest BCUT2D eigenvalue weighted by Gasteiger charge is 2.44. The van der Waals surface area contributed by atoms with Gasteiger partial charge < -0.3 is 40.3 Å². The summed E-state index contributed by atoms with van der Waals surface area (Å²) >= 11 is 0. The average molecular weight is 782 g/mol. The van der Waals surface area contributed by atoms with Crippen LogP contribution >= 0.6 is 0 Å². The zero-order chi connectivity index (χ0) is 40.2. The van der Waals surface area contributed by atoms with Crippen molar-refractivity contribution in [3.63, 3.8) is 0 Å². The van der Waals surface area contributed by atoms with Gasteiger partial charge in [-0.05, 0) is 32.1 Å². The number of amides is 1. The number of carbonyl (C=O) groups excluding carboxylic acids is 1. The third-order valence-electron chi connectivity index (χ3n) is 11.0. The molecule has 1 heterocycles.